The van der Waals surface area contributed by atoms with Crippen molar-refractivity contribution in [1.29, 1.82) is 0 Å². The third kappa shape index (κ3) is 4.33. The van der Waals surface area contributed by atoms with Gasteiger partial charge in [0.25, 0.3) is 11.5 Å². The summed E-state index contributed by atoms with van der Waals surface area (Å²) in [5.41, 5.74) is 2.45. The van der Waals surface area contributed by atoms with E-state index < -0.39 is 5.91 Å². The number of methoxy groups -OCH3 is 1. The van der Waals surface area contributed by atoms with Crippen molar-refractivity contribution in [2.75, 3.05) is 20.2 Å². The predicted octanol–water partition coefficient (Wildman–Crippen LogP) is 5.28. The highest BCUT2D eigenvalue weighted by molar-refractivity contribution is 9.10. The minimum Gasteiger partial charge on any atom is -0.496 e. The summed E-state index contributed by atoms with van der Waals surface area (Å²) in [7, 11) is 1.49. The van der Waals surface area contributed by atoms with Crippen molar-refractivity contribution in [2.45, 2.75) is 25.6 Å². The molecule has 0 spiro atoms. The molecule has 2 aromatic heterocycles. The van der Waals surface area contributed by atoms with Crippen molar-refractivity contribution in [2.24, 2.45) is 16.1 Å². The van der Waals surface area contributed by atoms with Crippen LogP contribution in [0, 0.1) is 5.92 Å². The SMILES string of the molecule is COc1ccccc1C(=O)N=Nc1c(O)n(CN2C[C@@H]3C[C@@H](C2)c2cccc(=O)n2C3)c2ccc(Br)cc12. The number of ether oxygens (including phenoxy) is 1. The maximum atomic E-state index is 12.8. The molecule has 38 heavy (non-hydrogen) atoms. The van der Waals surface area contributed by atoms with Gasteiger partial charge in [-0.2, -0.15) is 0 Å². The number of azo groups is 1. The fourth-order valence-electron chi connectivity index (χ4n) is 5.82. The van der Waals surface area contributed by atoms with Crippen LogP contribution in [0.3, 0.4) is 0 Å². The highest BCUT2D eigenvalue weighted by Gasteiger charge is 2.35. The van der Waals surface area contributed by atoms with Crippen LogP contribution in [-0.2, 0) is 13.2 Å². The fourth-order valence-corrected chi connectivity index (χ4v) is 6.18. The molecule has 10 heteroatoms. The number of piperidine rings is 1. The summed E-state index contributed by atoms with van der Waals surface area (Å²) in [6.45, 7) is 2.75. The molecule has 0 unspecified atom stereocenters. The number of para-hydroxylation sites is 1. The van der Waals surface area contributed by atoms with Gasteiger partial charge in [0, 0.05) is 47.2 Å². The lowest BCUT2D eigenvalue weighted by molar-refractivity contribution is 0.0922. The van der Waals surface area contributed by atoms with Crippen LogP contribution in [-0.4, -0.2) is 45.2 Å². The first-order chi connectivity index (χ1) is 18.4. The minimum atomic E-state index is -0.560. The Morgan fingerprint density at radius 1 is 1.11 bits per heavy atom. The molecule has 2 aliphatic rings. The first-order valence-corrected chi connectivity index (χ1v) is 13.2. The molecule has 0 radical (unpaired) electrons. The Morgan fingerprint density at radius 3 is 2.79 bits per heavy atom. The number of carbonyl (C=O) groups is 1. The Hall–Kier alpha value is -3.76. The zero-order valence-corrected chi connectivity index (χ0v) is 22.3. The monoisotopic (exact) mass is 575 g/mol. The smallest absolute Gasteiger partial charge is 0.299 e. The quantitative estimate of drug-likeness (QED) is 0.326. The summed E-state index contributed by atoms with van der Waals surface area (Å²) in [4.78, 5) is 27.5. The lowest BCUT2D eigenvalue weighted by Gasteiger charge is -2.42. The first-order valence-electron chi connectivity index (χ1n) is 12.4. The topological polar surface area (TPSA) is 101 Å². The number of likely N-dealkylation sites (tertiary alicyclic amines) is 1. The second kappa shape index (κ2) is 9.85. The van der Waals surface area contributed by atoms with Crippen molar-refractivity contribution in [3.63, 3.8) is 0 Å². The Balaban J connectivity index is 1.32. The molecule has 4 aromatic rings. The number of aromatic nitrogens is 2. The van der Waals surface area contributed by atoms with Gasteiger partial charge in [-0.15, -0.1) is 10.2 Å². The molecule has 1 amide bonds. The molecular weight excluding hydrogens is 550 g/mol. The molecule has 6 rings (SSSR count). The van der Waals surface area contributed by atoms with E-state index in [0.717, 1.165) is 35.2 Å². The van der Waals surface area contributed by atoms with Gasteiger partial charge < -0.3 is 14.4 Å². The van der Waals surface area contributed by atoms with Gasteiger partial charge in [0.2, 0.25) is 5.88 Å². The van der Waals surface area contributed by atoms with Gasteiger partial charge in [-0.3, -0.25) is 19.1 Å². The molecule has 1 fully saturated rings. The molecule has 1 N–H and O–H groups in total. The Bertz CT molecular complexity index is 1640. The molecule has 4 heterocycles. The van der Waals surface area contributed by atoms with Crippen LogP contribution >= 0.6 is 15.9 Å². The number of hydrogen-bond donors (Lipinski definition) is 1. The number of amides is 1. The third-order valence-corrected chi connectivity index (χ3v) is 7.94. The second-order valence-electron chi connectivity index (χ2n) is 9.84. The number of hydrogen-bond acceptors (Lipinski definition) is 6. The van der Waals surface area contributed by atoms with Gasteiger partial charge in [-0.25, -0.2) is 0 Å². The maximum Gasteiger partial charge on any atom is 0.299 e. The molecule has 1 saturated heterocycles. The number of benzene rings is 2. The first kappa shape index (κ1) is 24.6. The van der Waals surface area contributed by atoms with E-state index in [2.05, 4.69) is 31.1 Å². The standard InChI is InChI=1S/C28H26BrN5O4/c1-38-24-7-3-2-5-20(24)27(36)31-30-26-21-12-19(29)9-10-23(21)34(28(26)37)16-32-13-17-11-18(15-32)22-6-4-8-25(35)33(22)14-17/h2-10,12,17-18,37H,11,13-16H2,1H3/t17-,18-/m0/s1. The largest absolute Gasteiger partial charge is 0.496 e. The number of halogens is 1. The summed E-state index contributed by atoms with van der Waals surface area (Å²) < 4.78 is 9.81. The molecule has 0 aliphatic carbocycles. The van der Waals surface area contributed by atoms with Gasteiger partial charge in [-0.05, 0) is 48.7 Å². The van der Waals surface area contributed by atoms with Crippen LogP contribution < -0.4 is 10.3 Å². The minimum absolute atomic E-state index is 0.0537. The summed E-state index contributed by atoms with van der Waals surface area (Å²) in [6.07, 6.45) is 1.05. The molecule has 0 saturated carbocycles. The van der Waals surface area contributed by atoms with Gasteiger partial charge in [-0.1, -0.05) is 34.1 Å². The van der Waals surface area contributed by atoms with Gasteiger partial charge in [0.05, 0.1) is 24.9 Å². The number of carbonyl (C=O) groups excluding carboxylic acids is 1. The predicted molar refractivity (Wildman–Crippen MR) is 146 cm³/mol. The van der Waals surface area contributed by atoms with Crippen LogP contribution in [0.25, 0.3) is 10.9 Å². The summed E-state index contributed by atoms with van der Waals surface area (Å²) in [6, 6.07) is 18.0. The van der Waals surface area contributed by atoms with Crippen LogP contribution in [0.2, 0.25) is 0 Å². The molecule has 2 aromatic carbocycles. The van der Waals surface area contributed by atoms with E-state index in [-0.39, 0.29) is 23.0 Å². The average Bonchev–Trinajstić information content (AvgIpc) is 3.17. The maximum absolute atomic E-state index is 12.8. The van der Waals surface area contributed by atoms with Crippen molar-refractivity contribution in [1.82, 2.24) is 14.0 Å². The molecular formula is C28H26BrN5O4. The zero-order chi connectivity index (χ0) is 26.4. The zero-order valence-electron chi connectivity index (χ0n) is 20.7. The van der Waals surface area contributed by atoms with E-state index in [0.29, 0.717) is 35.8 Å². The molecule has 2 atom stereocenters. The summed E-state index contributed by atoms with van der Waals surface area (Å²) in [5.74, 6) is 0.409. The van der Waals surface area contributed by atoms with Crippen molar-refractivity contribution in [3.05, 3.63) is 86.7 Å². The van der Waals surface area contributed by atoms with E-state index in [9.17, 15) is 14.7 Å². The molecule has 9 nitrogen and oxygen atoms in total. The van der Waals surface area contributed by atoms with E-state index in [4.69, 9.17) is 4.74 Å². The Morgan fingerprint density at radius 2 is 1.95 bits per heavy atom. The van der Waals surface area contributed by atoms with Crippen LogP contribution in [0.15, 0.2) is 80.2 Å². The van der Waals surface area contributed by atoms with E-state index in [1.165, 1.54) is 7.11 Å². The van der Waals surface area contributed by atoms with Crippen LogP contribution in [0.5, 0.6) is 11.6 Å². The summed E-state index contributed by atoms with van der Waals surface area (Å²) in [5, 5.41) is 20.1. The number of aromatic hydroxyl groups is 1. The van der Waals surface area contributed by atoms with Crippen molar-refractivity contribution >= 4 is 38.4 Å². The number of fused-ring (bicyclic) bond motifs is 5. The van der Waals surface area contributed by atoms with Crippen LogP contribution in [0.1, 0.15) is 28.4 Å². The Labute approximate surface area is 227 Å². The fraction of sp³-hybridized carbons (Fsp3) is 0.286. The van der Waals surface area contributed by atoms with Gasteiger partial charge >= 0.3 is 0 Å². The van der Waals surface area contributed by atoms with E-state index in [1.54, 1.807) is 30.3 Å². The molecule has 2 bridgehead atoms. The second-order valence-corrected chi connectivity index (χ2v) is 10.8. The van der Waals surface area contributed by atoms with Crippen LogP contribution in [0.4, 0.5) is 5.69 Å². The molecule has 2 aliphatic heterocycles. The number of pyridine rings is 1. The lowest BCUT2D eigenvalue weighted by atomic mass is 9.83. The van der Waals surface area contributed by atoms with Crippen molar-refractivity contribution in [3.8, 4) is 11.6 Å². The molecule has 194 valence electrons. The Kier molecular flexibility index (Phi) is 6.37. The number of nitrogens with zero attached hydrogens (tertiary/aromatic N) is 5. The third-order valence-electron chi connectivity index (χ3n) is 7.45. The summed E-state index contributed by atoms with van der Waals surface area (Å²) >= 11 is 3.50. The van der Waals surface area contributed by atoms with Gasteiger partial charge in [0.1, 0.15) is 5.75 Å². The van der Waals surface area contributed by atoms with Crippen molar-refractivity contribution < 1.29 is 14.6 Å². The highest BCUT2D eigenvalue weighted by atomic mass is 79.9. The normalized spacial score (nSPS) is 19.1. The number of rotatable bonds is 5. The van der Waals surface area contributed by atoms with E-state index in [1.807, 2.05) is 39.5 Å². The van der Waals surface area contributed by atoms with Gasteiger partial charge in [0.15, 0.2) is 5.69 Å². The highest BCUT2D eigenvalue weighted by Crippen LogP contribution is 2.42. The van der Waals surface area contributed by atoms with E-state index >= 15 is 0 Å². The lowest BCUT2D eigenvalue weighted by Crippen LogP contribution is -2.47. The average molecular weight is 576 g/mol.